The van der Waals surface area contributed by atoms with Crippen molar-refractivity contribution in [2.24, 2.45) is 0 Å². The highest BCUT2D eigenvalue weighted by Gasteiger charge is 2.33. The van der Waals surface area contributed by atoms with Crippen molar-refractivity contribution in [3.05, 3.63) is 71.2 Å². The molecule has 0 unspecified atom stereocenters. The Morgan fingerprint density at radius 1 is 0.920 bits per heavy atom. The highest BCUT2D eigenvalue weighted by atomic mass is 35.5. The van der Waals surface area contributed by atoms with Crippen LogP contribution in [0.1, 0.15) is 5.56 Å². The van der Waals surface area contributed by atoms with Crippen LogP contribution < -0.4 is 4.72 Å². The standard InChI is InChI=1S/C17H11ClF3NO2S/c18-15-9-8-12(10-14(15)17(19,20)21)22-25(23,24)16-7-3-5-11-4-1-2-6-13(11)16/h1-10,22H. The van der Waals surface area contributed by atoms with Crippen molar-refractivity contribution in [2.75, 3.05) is 4.72 Å². The molecule has 8 heteroatoms. The molecule has 0 radical (unpaired) electrons. The Hall–Kier alpha value is -2.25. The van der Waals surface area contributed by atoms with Crippen molar-refractivity contribution in [1.82, 2.24) is 0 Å². The molecule has 0 heterocycles. The molecule has 0 spiro atoms. The van der Waals surface area contributed by atoms with Crippen molar-refractivity contribution in [3.63, 3.8) is 0 Å². The van der Waals surface area contributed by atoms with Gasteiger partial charge in [0.25, 0.3) is 10.0 Å². The minimum absolute atomic E-state index is 0.0193. The van der Waals surface area contributed by atoms with Gasteiger partial charge in [0.1, 0.15) is 0 Å². The zero-order valence-electron chi connectivity index (χ0n) is 12.5. The summed E-state index contributed by atoms with van der Waals surface area (Å²) in [6, 6.07) is 14.4. The monoisotopic (exact) mass is 385 g/mol. The predicted molar refractivity (Wildman–Crippen MR) is 91.2 cm³/mol. The van der Waals surface area contributed by atoms with E-state index in [4.69, 9.17) is 11.6 Å². The van der Waals surface area contributed by atoms with Crippen LogP contribution in [0.3, 0.4) is 0 Å². The molecule has 0 aliphatic rings. The van der Waals surface area contributed by atoms with E-state index in [1.54, 1.807) is 36.4 Å². The van der Waals surface area contributed by atoms with Crippen molar-refractivity contribution in [2.45, 2.75) is 11.1 Å². The van der Waals surface area contributed by atoms with Crippen LogP contribution in [-0.2, 0) is 16.2 Å². The molecule has 3 aromatic rings. The number of hydrogen-bond acceptors (Lipinski definition) is 2. The quantitative estimate of drug-likeness (QED) is 0.663. The van der Waals surface area contributed by atoms with Gasteiger partial charge < -0.3 is 0 Å². The van der Waals surface area contributed by atoms with Crippen molar-refractivity contribution in [3.8, 4) is 0 Å². The van der Waals surface area contributed by atoms with Crippen LogP contribution >= 0.6 is 11.6 Å². The summed E-state index contributed by atoms with van der Waals surface area (Å²) in [7, 11) is -4.08. The molecule has 0 aliphatic heterocycles. The minimum atomic E-state index is -4.68. The van der Waals surface area contributed by atoms with Gasteiger partial charge in [0.2, 0.25) is 0 Å². The lowest BCUT2D eigenvalue weighted by Crippen LogP contribution is -2.14. The van der Waals surface area contributed by atoms with E-state index in [1.807, 2.05) is 0 Å². The zero-order valence-corrected chi connectivity index (χ0v) is 14.1. The van der Waals surface area contributed by atoms with Crippen LogP contribution in [0.5, 0.6) is 0 Å². The maximum atomic E-state index is 12.9. The highest BCUT2D eigenvalue weighted by Crippen LogP contribution is 2.36. The maximum Gasteiger partial charge on any atom is 0.417 e. The summed E-state index contributed by atoms with van der Waals surface area (Å²) in [6.07, 6.45) is -4.68. The molecule has 130 valence electrons. The number of hydrogen-bond donors (Lipinski definition) is 1. The van der Waals surface area contributed by atoms with E-state index in [9.17, 15) is 21.6 Å². The Kier molecular flexibility index (Phi) is 4.38. The second-order valence-electron chi connectivity index (χ2n) is 5.28. The van der Waals surface area contributed by atoms with Gasteiger partial charge in [-0.1, -0.05) is 48.0 Å². The Bertz CT molecular complexity index is 1040. The Morgan fingerprint density at radius 2 is 1.60 bits per heavy atom. The normalized spacial score (nSPS) is 12.3. The van der Waals surface area contributed by atoms with Gasteiger partial charge in [-0.05, 0) is 29.7 Å². The Labute approximate surface area is 147 Å². The van der Waals surface area contributed by atoms with E-state index < -0.39 is 26.8 Å². The van der Waals surface area contributed by atoms with Crippen LogP contribution in [-0.4, -0.2) is 8.42 Å². The van der Waals surface area contributed by atoms with Gasteiger partial charge in [-0.2, -0.15) is 13.2 Å². The van der Waals surface area contributed by atoms with E-state index in [1.165, 1.54) is 12.1 Å². The van der Waals surface area contributed by atoms with Crippen molar-refractivity contribution < 1.29 is 21.6 Å². The lowest BCUT2D eigenvalue weighted by atomic mass is 10.1. The Balaban J connectivity index is 2.05. The maximum absolute atomic E-state index is 12.9. The van der Waals surface area contributed by atoms with Crippen molar-refractivity contribution in [1.29, 1.82) is 0 Å². The SMILES string of the molecule is O=S(=O)(Nc1ccc(Cl)c(C(F)(F)F)c1)c1cccc2ccccc12. The van der Waals surface area contributed by atoms with Crippen molar-refractivity contribution >= 4 is 38.1 Å². The van der Waals surface area contributed by atoms with Gasteiger partial charge in [-0.15, -0.1) is 0 Å². The fraction of sp³-hybridized carbons (Fsp3) is 0.0588. The van der Waals surface area contributed by atoms with Gasteiger partial charge in [0.15, 0.2) is 0 Å². The zero-order chi connectivity index (χ0) is 18.2. The molecule has 0 aliphatic carbocycles. The number of anilines is 1. The molecule has 0 bridgehead atoms. The van der Waals surface area contributed by atoms with Crippen LogP contribution in [0.15, 0.2) is 65.6 Å². The molecule has 0 atom stereocenters. The molecule has 0 saturated carbocycles. The third-order valence-corrected chi connectivity index (χ3v) is 5.33. The highest BCUT2D eigenvalue weighted by molar-refractivity contribution is 7.93. The summed E-state index contributed by atoms with van der Waals surface area (Å²) in [4.78, 5) is -0.0193. The average Bonchev–Trinajstić information content (AvgIpc) is 2.55. The number of rotatable bonds is 3. The summed E-state index contributed by atoms with van der Waals surface area (Å²) in [5.74, 6) is 0. The van der Waals surface area contributed by atoms with E-state index >= 15 is 0 Å². The Morgan fingerprint density at radius 3 is 2.32 bits per heavy atom. The summed E-state index contributed by atoms with van der Waals surface area (Å²) >= 11 is 5.55. The predicted octanol–water partition coefficient (Wildman–Crippen LogP) is 5.31. The van der Waals surface area contributed by atoms with Gasteiger partial charge in [-0.3, -0.25) is 4.72 Å². The number of alkyl halides is 3. The van der Waals surface area contributed by atoms with Crippen LogP contribution in [0.2, 0.25) is 5.02 Å². The molecule has 0 amide bonds. The third-order valence-electron chi connectivity index (χ3n) is 3.56. The van der Waals surface area contributed by atoms with Gasteiger partial charge >= 0.3 is 6.18 Å². The average molecular weight is 386 g/mol. The topological polar surface area (TPSA) is 46.2 Å². The number of sulfonamides is 1. The molecule has 25 heavy (non-hydrogen) atoms. The number of halogens is 4. The van der Waals surface area contributed by atoms with Gasteiger partial charge in [0, 0.05) is 11.1 Å². The first-order valence-corrected chi connectivity index (χ1v) is 8.92. The molecule has 1 N–H and O–H groups in total. The lowest BCUT2D eigenvalue weighted by molar-refractivity contribution is -0.137. The van der Waals surface area contributed by atoms with Gasteiger partial charge in [-0.25, -0.2) is 8.42 Å². The fourth-order valence-electron chi connectivity index (χ4n) is 2.45. The molecule has 3 aromatic carbocycles. The van der Waals surface area contributed by atoms with E-state index in [2.05, 4.69) is 4.72 Å². The molecule has 0 aromatic heterocycles. The van der Waals surface area contributed by atoms with Gasteiger partial charge in [0.05, 0.1) is 15.5 Å². The fourth-order valence-corrected chi connectivity index (χ4v) is 3.95. The smallest absolute Gasteiger partial charge is 0.280 e. The molecule has 0 saturated heterocycles. The molecule has 0 fully saturated rings. The largest absolute Gasteiger partial charge is 0.417 e. The first-order valence-electron chi connectivity index (χ1n) is 7.06. The van der Waals surface area contributed by atoms with E-state index in [-0.39, 0.29) is 10.6 Å². The van der Waals surface area contributed by atoms with Crippen LogP contribution in [0.25, 0.3) is 10.8 Å². The minimum Gasteiger partial charge on any atom is -0.280 e. The first kappa shape index (κ1) is 17.6. The molecule has 3 nitrogen and oxygen atoms in total. The van der Waals surface area contributed by atoms with E-state index in [0.717, 1.165) is 6.07 Å². The first-order chi connectivity index (χ1) is 11.7. The number of benzene rings is 3. The summed E-state index contributed by atoms with van der Waals surface area (Å²) in [5.41, 5.74) is -1.32. The number of nitrogens with one attached hydrogen (secondary N) is 1. The van der Waals surface area contributed by atoms with E-state index in [0.29, 0.717) is 16.8 Å². The lowest BCUT2D eigenvalue weighted by Gasteiger charge is -2.13. The summed E-state index contributed by atoms with van der Waals surface area (Å²) in [5, 5.41) is 0.681. The van der Waals surface area contributed by atoms with Crippen LogP contribution in [0, 0.1) is 0 Å². The molecular weight excluding hydrogens is 375 g/mol. The second kappa shape index (κ2) is 6.24. The number of fused-ring (bicyclic) bond motifs is 1. The molecule has 3 rings (SSSR count). The summed E-state index contributed by atoms with van der Waals surface area (Å²) < 4.78 is 66.2. The molecular formula is C17H11ClF3NO2S. The third kappa shape index (κ3) is 3.57. The second-order valence-corrected chi connectivity index (χ2v) is 7.33. The van der Waals surface area contributed by atoms with Crippen LogP contribution in [0.4, 0.5) is 18.9 Å². The summed E-state index contributed by atoms with van der Waals surface area (Å²) in [6.45, 7) is 0.